The van der Waals surface area contributed by atoms with Gasteiger partial charge in [-0.05, 0) is 24.3 Å². The Morgan fingerprint density at radius 2 is 1.43 bits per heavy atom. The van der Waals surface area contributed by atoms with E-state index in [4.69, 9.17) is 34.8 Å². The summed E-state index contributed by atoms with van der Waals surface area (Å²) in [6.07, 6.45) is -22.8. The highest BCUT2D eigenvalue weighted by atomic mass is 35.5. The van der Waals surface area contributed by atoms with Crippen molar-refractivity contribution < 1.29 is 54.2 Å². The van der Waals surface area contributed by atoms with Crippen LogP contribution in [0.15, 0.2) is 36.4 Å². The van der Waals surface area contributed by atoms with Crippen LogP contribution in [0.3, 0.4) is 0 Å². The molecular weight excluding hydrogens is 567 g/mol. The monoisotopic (exact) mass is 574 g/mol. The van der Waals surface area contributed by atoms with Gasteiger partial charge < -0.3 is 10.1 Å². The summed E-state index contributed by atoms with van der Waals surface area (Å²) in [6.45, 7) is 0. The van der Waals surface area contributed by atoms with Crippen molar-refractivity contribution in [3.05, 3.63) is 57.0 Å². The number of imide groups is 1. The first-order chi connectivity index (χ1) is 15.9. The summed E-state index contributed by atoms with van der Waals surface area (Å²) in [7, 11) is 0. The van der Waals surface area contributed by atoms with Gasteiger partial charge in [-0.25, -0.2) is 9.18 Å². The van der Waals surface area contributed by atoms with Gasteiger partial charge in [0.25, 0.3) is 5.91 Å². The summed E-state index contributed by atoms with van der Waals surface area (Å²) in [5, 5.41) is 2.24. The van der Waals surface area contributed by atoms with Crippen LogP contribution in [0.2, 0.25) is 15.1 Å². The largest absolute Gasteiger partial charge is 0.483 e. The molecule has 192 valence electrons. The SMILES string of the molecule is O=C(NC(=O)c1ccccc1Cl)Nc1cc(Cl)c(OC(F)(F)C(F)OC(F)(F)C(F)(F)F)c(Cl)c1. The Balaban J connectivity index is 2.12. The van der Waals surface area contributed by atoms with E-state index in [0.717, 1.165) is 0 Å². The van der Waals surface area contributed by atoms with E-state index in [1.54, 1.807) is 0 Å². The van der Waals surface area contributed by atoms with E-state index in [1.807, 2.05) is 5.32 Å². The minimum absolute atomic E-state index is 0.0226. The first kappa shape index (κ1) is 28.7. The lowest BCUT2D eigenvalue weighted by Crippen LogP contribution is -2.48. The molecule has 17 heteroatoms. The second-order valence-electron chi connectivity index (χ2n) is 6.27. The molecule has 0 heterocycles. The second kappa shape index (κ2) is 10.6. The van der Waals surface area contributed by atoms with E-state index in [1.165, 1.54) is 24.3 Å². The molecule has 0 radical (unpaired) electrons. The standard InChI is InChI=1S/C18H9Cl3F8N2O4/c19-9-4-2-1-3-8(9)13(32)31-15(33)30-7-5-10(20)12(11(21)6-7)34-16(23,24)14(22)35-18(28,29)17(25,26)27/h1-6,14H,(H2,30,31,32,33). The third-order valence-electron chi connectivity index (χ3n) is 3.69. The smallest absolute Gasteiger partial charge is 0.425 e. The average Bonchev–Trinajstić information content (AvgIpc) is 2.69. The predicted molar refractivity (Wildman–Crippen MR) is 107 cm³/mol. The van der Waals surface area contributed by atoms with Gasteiger partial charge in [-0.2, -0.15) is 30.7 Å². The number of hydrogen-bond acceptors (Lipinski definition) is 4. The molecule has 0 fully saturated rings. The van der Waals surface area contributed by atoms with Crippen molar-refractivity contribution in [2.45, 2.75) is 24.8 Å². The fraction of sp³-hybridized carbons (Fsp3) is 0.222. The highest BCUT2D eigenvalue weighted by Gasteiger charge is 2.64. The number of ether oxygens (including phenoxy) is 2. The number of halogens is 11. The van der Waals surface area contributed by atoms with Gasteiger partial charge in [0, 0.05) is 5.69 Å². The van der Waals surface area contributed by atoms with E-state index >= 15 is 0 Å². The summed E-state index contributed by atoms with van der Waals surface area (Å²) >= 11 is 17.2. The number of alkyl halides is 8. The average molecular weight is 576 g/mol. The van der Waals surface area contributed by atoms with Crippen molar-refractivity contribution in [3.63, 3.8) is 0 Å². The maximum absolute atomic E-state index is 13.8. The van der Waals surface area contributed by atoms with Crippen molar-refractivity contribution in [1.29, 1.82) is 0 Å². The van der Waals surface area contributed by atoms with E-state index in [2.05, 4.69) is 14.8 Å². The fourth-order valence-electron chi connectivity index (χ4n) is 2.16. The van der Waals surface area contributed by atoms with Gasteiger partial charge in [0.2, 0.25) is 0 Å². The summed E-state index contributed by atoms with van der Waals surface area (Å²) in [4.78, 5) is 24.0. The number of hydrogen-bond donors (Lipinski definition) is 2. The molecule has 2 aromatic carbocycles. The molecule has 0 bridgehead atoms. The van der Waals surface area contributed by atoms with Crippen LogP contribution in [0, 0.1) is 0 Å². The maximum Gasteiger partial charge on any atom is 0.483 e. The lowest BCUT2D eigenvalue weighted by atomic mass is 10.2. The van der Waals surface area contributed by atoms with Crippen molar-refractivity contribution >= 4 is 52.4 Å². The van der Waals surface area contributed by atoms with Gasteiger partial charge in [0.15, 0.2) is 5.75 Å². The van der Waals surface area contributed by atoms with E-state index in [-0.39, 0.29) is 16.3 Å². The minimum Gasteiger partial charge on any atom is -0.425 e. The van der Waals surface area contributed by atoms with Gasteiger partial charge >= 0.3 is 30.8 Å². The molecule has 6 nitrogen and oxygen atoms in total. The Morgan fingerprint density at radius 3 is 1.94 bits per heavy atom. The zero-order valence-electron chi connectivity index (χ0n) is 16.3. The minimum atomic E-state index is -6.50. The molecule has 0 aliphatic rings. The first-order valence-corrected chi connectivity index (χ1v) is 9.77. The molecule has 2 rings (SSSR count). The fourth-order valence-corrected chi connectivity index (χ4v) is 2.94. The number of anilines is 1. The molecule has 2 N–H and O–H groups in total. The molecule has 0 saturated heterocycles. The maximum atomic E-state index is 13.8. The lowest BCUT2D eigenvalue weighted by Gasteiger charge is -2.26. The van der Waals surface area contributed by atoms with Crippen LogP contribution in [0.25, 0.3) is 0 Å². The number of carbonyl (C=O) groups excluding carboxylic acids is 2. The molecule has 2 aromatic rings. The predicted octanol–water partition coefficient (Wildman–Crippen LogP) is 7.05. The first-order valence-electron chi connectivity index (χ1n) is 8.64. The molecular formula is C18H9Cl3F8N2O4. The Morgan fingerprint density at radius 1 is 0.886 bits per heavy atom. The van der Waals surface area contributed by atoms with E-state index < -0.39 is 52.5 Å². The number of rotatable bonds is 7. The number of amides is 3. The van der Waals surface area contributed by atoms with Gasteiger partial charge in [-0.15, -0.1) is 0 Å². The molecule has 0 spiro atoms. The topological polar surface area (TPSA) is 76.7 Å². The Bertz CT molecular complexity index is 1090. The van der Waals surface area contributed by atoms with Crippen LogP contribution < -0.4 is 15.4 Å². The zero-order chi connectivity index (χ0) is 26.8. The summed E-state index contributed by atoms with van der Waals surface area (Å²) < 4.78 is 109. The lowest BCUT2D eigenvalue weighted by molar-refractivity contribution is -0.442. The highest BCUT2D eigenvalue weighted by Crippen LogP contribution is 2.43. The third-order valence-corrected chi connectivity index (χ3v) is 4.58. The molecule has 1 unspecified atom stereocenters. The number of carbonyl (C=O) groups is 2. The third kappa shape index (κ3) is 7.22. The van der Waals surface area contributed by atoms with Crippen LogP contribution in [0.4, 0.5) is 45.6 Å². The van der Waals surface area contributed by atoms with Gasteiger partial charge in [-0.1, -0.05) is 46.9 Å². The number of nitrogens with one attached hydrogen (secondary N) is 2. The Labute approximate surface area is 205 Å². The summed E-state index contributed by atoms with van der Waals surface area (Å²) in [5.74, 6) is -2.17. The Hall–Kier alpha value is -2.55. The van der Waals surface area contributed by atoms with Crippen molar-refractivity contribution in [2.24, 2.45) is 0 Å². The van der Waals surface area contributed by atoms with Crippen molar-refractivity contribution in [3.8, 4) is 5.75 Å². The molecule has 35 heavy (non-hydrogen) atoms. The van der Waals surface area contributed by atoms with Crippen molar-refractivity contribution in [2.75, 3.05) is 5.32 Å². The van der Waals surface area contributed by atoms with E-state index in [0.29, 0.717) is 12.1 Å². The van der Waals surface area contributed by atoms with E-state index in [9.17, 15) is 44.7 Å². The van der Waals surface area contributed by atoms with Crippen LogP contribution in [0.1, 0.15) is 10.4 Å². The number of benzene rings is 2. The van der Waals surface area contributed by atoms with Gasteiger partial charge in [0.1, 0.15) is 0 Å². The molecule has 3 amide bonds. The van der Waals surface area contributed by atoms with Gasteiger partial charge in [-0.3, -0.25) is 14.8 Å². The molecule has 0 aliphatic heterocycles. The van der Waals surface area contributed by atoms with Crippen LogP contribution in [-0.2, 0) is 4.74 Å². The molecule has 0 saturated carbocycles. The second-order valence-corrected chi connectivity index (χ2v) is 7.49. The molecule has 0 aliphatic carbocycles. The quantitative estimate of drug-likeness (QED) is 0.347. The van der Waals surface area contributed by atoms with Crippen LogP contribution >= 0.6 is 34.8 Å². The summed E-state index contributed by atoms with van der Waals surface area (Å²) in [5.41, 5.74) is -0.387. The summed E-state index contributed by atoms with van der Waals surface area (Å²) in [6, 6.07) is 5.91. The van der Waals surface area contributed by atoms with Crippen LogP contribution in [-0.4, -0.2) is 36.7 Å². The highest BCUT2D eigenvalue weighted by molar-refractivity contribution is 6.37. The van der Waals surface area contributed by atoms with Gasteiger partial charge in [0.05, 0.1) is 20.6 Å². The zero-order valence-corrected chi connectivity index (χ0v) is 18.6. The number of urea groups is 1. The molecule has 1 atom stereocenters. The van der Waals surface area contributed by atoms with Crippen molar-refractivity contribution in [1.82, 2.24) is 5.32 Å². The Kier molecular flexibility index (Phi) is 8.69. The molecule has 0 aromatic heterocycles. The van der Waals surface area contributed by atoms with Crippen LogP contribution in [0.5, 0.6) is 5.75 Å². The normalized spacial score (nSPS) is 13.2.